The van der Waals surface area contributed by atoms with E-state index in [4.69, 9.17) is 4.74 Å². The zero-order valence-corrected chi connectivity index (χ0v) is 8.87. The Labute approximate surface area is 89.4 Å². The van der Waals surface area contributed by atoms with E-state index in [9.17, 15) is 4.39 Å². The van der Waals surface area contributed by atoms with Crippen molar-refractivity contribution < 1.29 is 9.13 Å². The topological polar surface area (TPSA) is 21.3 Å². The Hall–Kier alpha value is -0.930. The van der Waals surface area contributed by atoms with Crippen molar-refractivity contribution in [2.24, 2.45) is 0 Å². The van der Waals surface area contributed by atoms with Gasteiger partial charge in [-0.15, -0.1) is 0 Å². The first kappa shape index (κ1) is 10.6. The van der Waals surface area contributed by atoms with E-state index in [1.165, 1.54) is 6.07 Å². The maximum atomic E-state index is 13.4. The van der Waals surface area contributed by atoms with Crippen LogP contribution in [0.5, 0.6) is 0 Å². The zero-order chi connectivity index (χ0) is 10.7. The molecule has 82 valence electrons. The van der Waals surface area contributed by atoms with Crippen LogP contribution in [0.15, 0.2) is 24.3 Å². The monoisotopic (exact) mass is 209 g/mol. The molecule has 0 bridgehead atoms. The molecule has 1 aliphatic rings. The molecule has 1 aromatic rings. The quantitative estimate of drug-likeness (QED) is 0.806. The lowest BCUT2D eigenvalue weighted by Crippen LogP contribution is -2.42. The van der Waals surface area contributed by atoms with Gasteiger partial charge in [-0.3, -0.25) is 0 Å². The molecule has 2 atom stereocenters. The minimum absolute atomic E-state index is 0.144. The third-order valence-electron chi connectivity index (χ3n) is 2.84. The fourth-order valence-electron chi connectivity index (χ4n) is 1.82. The van der Waals surface area contributed by atoms with Crippen LogP contribution in [-0.2, 0) is 4.74 Å². The molecule has 15 heavy (non-hydrogen) atoms. The zero-order valence-electron chi connectivity index (χ0n) is 8.87. The van der Waals surface area contributed by atoms with Crippen LogP contribution in [0.3, 0.4) is 0 Å². The summed E-state index contributed by atoms with van der Waals surface area (Å²) in [5.41, 5.74) is 0.652. The van der Waals surface area contributed by atoms with E-state index in [1.54, 1.807) is 12.1 Å². The highest BCUT2D eigenvalue weighted by atomic mass is 19.1. The minimum Gasteiger partial charge on any atom is -0.370 e. The minimum atomic E-state index is -0.181. The summed E-state index contributed by atoms with van der Waals surface area (Å²) in [7, 11) is 0. The SMILES string of the molecule is CCC1COC(c2ccccc2F)CN1. The summed E-state index contributed by atoms with van der Waals surface area (Å²) in [6, 6.07) is 7.21. The number of ether oxygens (including phenoxy) is 1. The summed E-state index contributed by atoms with van der Waals surface area (Å²) in [4.78, 5) is 0. The van der Waals surface area contributed by atoms with Crippen LogP contribution in [0.2, 0.25) is 0 Å². The van der Waals surface area contributed by atoms with Gasteiger partial charge >= 0.3 is 0 Å². The van der Waals surface area contributed by atoms with Crippen molar-refractivity contribution >= 4 is 0 Å². The summed E-state index contributed by atoms with van der Waals surface area (Å²) in [6.07, 6.45) is 0.901. The van der Waals surface area contributed by atoms with E-state index in [0.29, 0.717) is 24.8 Å². The molecule has 3 heteroatoms. The number of hydrogen-bond donors (Lipinski definition) is 1. The number of rotatable bonds is 2. The highest BCUT2D eigenvalue weighted by Gasteiger charge is 2.22. The van der Waals surface area contributed by atoms with Crippen LogP contribution < -0.4 is 5.32 Å². The molecule has 0 spiro atoms. The second-order valence-electron chi connectivity index (χ2n) is 3.86. The van der Waals surface area contributed by atoms with E-state index in [-0.39, 0.29) is 11.9 Å². The van der Waals surface area contributed by atoms with Gasteiger partial charge in [0.15, 0.2) is 0 Å². The van der Waals surface area contributed by atoms with E-state index in [0.717, 1.165) is 6.42 Å². The molecule has 1 aromatic carbocycles. The fraction of sp³-hybridized carbons (Fsp3) is 0.500. The summed E-state index contributed by atoms with van der Waals surface area (Å²) in [5.74, 6) is -0.181. The van der Waals surface area contributed by atoms with Crippen molar-refractivity contribution in [1.29, 1.82) is 0 Å². The van der Waals surface area contributed by atoms with E-state index in [1.807, 2.05) is 6.07 Å². The molecule has 1 aliphatic heterocycles. The van der Waals surface area contributed by atoms with Gasteiger partial charge in [0, 0.05) is 18.2 Å². The Morgan fingerprint density at radius 3 is 2.87 bits per heavy atom. The largest absolute Gasteiger partial charge is 0.370 e. The number of morpholine rings is 1. The molecule has 0 aromatic heterocycles. The highest BCUT2D eigenvalue weighted by molar-refractivity contribution is 5.20. The average molecular weight is 209 g/mol. The molecule has 0 radical (unpaired) electrons. The van der Waals surface area contributed by atoms with Gasteiger partial charge < -0.3 is 10.1 Å². The van der Waals surface area contributed by atoms with E-state index in [2.05, 4.69) is 12.2 Å². The first-order valence-corrected chi connectivity index (χ1v) is 5.40. The first-order valence-electron chi connectivity index (χ1n) is 5.40. The Morgan fingerprint density at radius 2 is 2.27 bits per heavy atom. The predicted molar refractivity (Wildman–Crippen MR) is 57.2 cm³/mol. The van der Waals surface area contributed by atoms with Gasteiger partial charge in [0.2, 0.25) is 0 Å². The summed E-state index contributed by atoms with van der Waals surface area (Å²) < 4.78 is 19.1. The van der Waals surface area contributed by atoms with Gasteiger partial charge in [-0.2, -0.15) is 0 Å². The van der Waals surface area contributed by atoms with Gasteiger partial charge in [-0.25, -0.2) is 4.39 Å². The molecule has 1 fully saturated rings. The Bertz CT molecular complexity index is 321. The van der Waals surface area contributed by atoms with Crippen LogP contribution in [0.4, 0.5) is 4.39 Å². The molecule has 2 nitrogen and oxygen atoms in total. The second kappa shape index (κ2) is 4.73. The van der Waals surface area contributed by atoms with Crippen LogP contribution in [0.25, 0.3) is 0 Å². The molecule has 1 saturated heterocycles. The third-order valence-corrected chi connectivity index (χ3v) is 2.84. The Morgan fingerprint density at radius 1 is 1.47 bits per heavy atom. The van der Waals surface area contributed by atoms with Crippen molar-refractivity contribution in [1.82, 2.24) is 5.32 Å². The number of benzene rings is 1. The molecule has 1 heterocycles. The van der Waals surface area contributed by atoms with Gasteiger partial charge in [0.25, 0.3) is 0 Å². The Balaban J connectivity index is 2.04. The lowest BCUT2D eigenvalue weighted by Gasteiger charge is -2.30. The molecule has 2 unspecified atom stereocenters. The van der Waals surface area contributed by atoms with Crippen LogP contribution in [0, 0.1) is 5.82 Å². The molecule has 0 aliphatic carbocycles. The molecular weight excluding hydrogens is 193 g/mol. The normalized spacial score (nSPS) is 26.5. The van der Waals surface area contributed by atoms with E-state index >= 15 is 0 Å². The summed E-state index contributed by atoms with van der Waals surface area (Å²) in [6.45, 7) is 3.47. The predicted octanol–water partition coefficient (Wildman–Crippen LogP) is 2.27. The van der Waals surface area contributed by atoms with Crippen LogP contribution in [0.1, 0.15) is 25.0 Å². The maximum absolute atomic E-state index is 13.4. The summed E-state index contributed by atoms with van der Waals surface area (Å²) in [5, 5.41) is 3.35. The third kappa shape index (κ3) is 2.36. The molecular formula is C12H16FNO. The first-order chi connectivity index (χ1) is 7.31. The number of halogens is 1. The molecule has 0 amide bonds. The lowest BCUT2D eigenvalue weighted by atomic mass is 10.1. The Kier molecular flexibility index (Phi) is 3.34. The summed E-state index contributed by atoms with van der Waals surface area (Å²) >= 11 is 0. The van der Waals surface area contributed by atoms with Gasteiger partial charge in [-0.05, 0) is 12.5 Å². The van der Waals surface area contributed by atoms with Crippen molar-refractivity contribution in [2.75, 3.05) is 13.2 Å². The highest BCUT2D eigenvalue weighted by Crippen LogP contribution is 2.22. The van der Waals surface area contributed by atoms with Gasteiger partial charge in [0.1, 0.15) is 5.82 Å². The molecule has 1 N–H and O–H groups in total. The van der Waals surface area contributed by atoms with Crippen molar-refractivity contribution in [2.45, 2.75) is 25.5 Å². The fourth-order valence-corrected chi connectivity index (χ4v) is 1.82. The number of nitrogens with one attached hydrogen (secondary N) is 1. The van der Waals surface area contributed by atoms with Gasteiger partial charge in [0.05, 0.1) is 12.7 Å². The van der Waals surface area contributed by atoms with Crippen molar-refractivity contribution in [3.8, 4) is 0 Å². The molecule has 0 saturated carbocycles. The van der Waals surface area contributed by atoms with Crippen LogP contribution in [-0.4, -0.2) is 19.2 Å². The molecule has 2 rings (SSSR count). The van der Waals surface area contributed by atoms with Gasteiger partial charge in [-0.1, -0.05) is 25.1 Å². The number of hydrogen-bond acceptors (Lipinski definition) is 2. The van der Waals surface area contributed by atoms with E-state index < -0.39 is 0 Å². The average Bonchev–Trinajstić information content (AvgIpc) is 2.30. The second-order valence-corrected chi connectivity index (χ2v) is 3.86. The lowest BCUT2D eigenvalue weighted by molar-refractivity contribution is 0.000376. The van der Waals surface area contributed by atoms with Crippen LogP contribution >= 0.6 is 0 Å². The van der Waals surface area contributed by atoms with Crippen molar-refractivity contribution in [3.05, 3.63) is 35.6 Å². The smallest absolute Gasteiger partial charge is 0.129 e. The standard InChI is InChI=1S/C12H16FNO/c1-2-9-8-15-12(7-14-9)10-5-3-4-6-11(10)13/h3-6,9,12,14H,2,7-8H2,1H3. The van der Waals surface area contributed by atoms with Crippen molar-refractivity contribution in [3.63, 3.8) is 0 Å². The maximum Gasteiger partial charge on any atom is 0.129 e.